The van der Waals surface area contributed by atoms with Crippen molar-refractivity contribution in [1.82, 2.24) is 10.6 Å². The second-order valence-electron chi connectivity index (χ2n) is 5.62. The van der Waals surface area contributed by atoms with Crippen LogP contribution in [-0.4, -0.2) is 43.3 Å². The Balaban J connectivity index is 2.94. The highest BCUT2D eigenvalue weighted by Crippen LogP contribution is 2.35. The van der Waals surface area contributed by atoms with Gasteiger partial charge in [-0.15, -0.1) is 0 Å². The fourth-order valence-corrected chi connectivity index (χ4v) is 2.02. The van der Waals surface area contributed by atoms with Gasteiger partial charge in [0.15, 0.2) is 18.1 Å². The van der Waals surface area contributed by atoms with Crippen LogP contribution in [0.2, 0.25) is 0 Å². The van der Waals surface area contributed by atoms with E-state index in [2.05, 4.69) is 15.4 Å². The van der Waals surface area contributed by atoms with Crippen LogP contribution in [0.5, 0.6) is 11.5 Å². The van der Waals surface area contributed by atoms with Crippen molar-refractivity contribution in [1.29, 1.82) is 0 Å². The molecule has 0 atom stereocenters. The summed E-state index contributed by atoms with van der Waals surface area (Å²) >= 11 is 0. The van der Waals surface area contributed by atoms with Crippen molar-refractivity contribution in [2.24, 2.45) is 0 Å². The Kier molecular flexibility index (Phi) is 7.62. The van der Waals surface area contributed by atoms with E-state index < -0.39 is 29.1 Å². The lowest BCUT2D eigenvalue weighted by Gasteiger charge is -2.14. The van der Waals surface area contributed by atoms with E-state index in [1.165, 1.54) is 13.2 Å². The molecule has 0 aromatic heterocycles. The van der Waals surface area contributed by atoms with Crippen LogP contribution >= 0.6 is 0 Å². The van der Waals surface area contributed by atoms with Gasteiger partial charge in [0.05, 0.1) is 24.6 Å². The number of nitro groups is 1. The lowest BCUT2D eigenvalue weighted by molar-refractivity contribution is -0.385. The van der Waals surface area contributed by atoms with Crippen molar-refractivity contribution in [3.63, 3.8) is 0 Å². The number of amides is 1. The van der Waals surface area contributed by atoms with Gasteiger partial charge in [0.1, 0.15) is 0 Å². The molecule has 2 N–H and O–H groups in total. The third-order valence-corrected chi connectivity index (χ3v) is 3.00. The number of rotatable bonds is 9. The Hall–Kier alpha value is -2.56. The Morgan fingerprint density at radius 2 is 1.96 bits per heavy atom. The summed E-state index contributed by atoms with van der Waals surface area (Å²) in [6.45, 7) is 1.83. The molecule has 0 radical (unpaired) electrons. The zero-order valence-electron chi connectivity index (χ0n) is 14.5. The molecule has 0 aliphatic rings. The predicted octanol–water partition coefficient (Wildman–Crippen LogP) is 2.16. The molecular weight excluding hydrogens is 359 g/mol. The van der Waals surface area contributed by atoms with E-state index in [1.54, 1.807) is 13.8 Å². The molecule has 26 heavy (non-hydrogen) atoms. The minimum absolute atomic E-state index is 0.0520. The van der Waals surface area contributed by atoms with Gasteiger partial charge in [0.2, 0.25) is 5.91 Å². The molecule has 0 heterocycles. The van der Waals surface area contributed by atoms with Crippen LogP contribution in [0.4, 0.5) is 18.9 Å². The van der Waals surface area contributed by atoms with Gasteiger partial charge in [-0.1, -0.05) is 0 Å². The number of nitrogens with one attached hydrogen (secondary N) is 2. The Morgan fingerprint density at radius 1 is 1.31 bits per heavy atom. The van der Waals surface area contributed by atoms with Crippen molar-refractivity contribution in [2.45, 2.75) is 32.6 Å². The third kappa shape index (κ3) is 7.13. The molecule has 0 saturated heterocycles. The minimum atomic E-state index is -4.59. The number of hydrogen-bond acceptors (Lipinski definition) is 6. The minimum Gasteiger partial charge on any atom is -0.493 e. The average molecular weight is 379 g/mol. The fourth-order valence-electron chi connectivity index (χ4n) is 2.02. The number of ether oxygens (including phenoxy) is 2. The Morgan fingerprint density at radius 3 is 2.46 bits per heavy atom. The van der Waals surface area contributed by atoms with Crippen molar-refractivity contribution in [2.75, 3.05) is 20.3 Å². The van der Waals surface area contributed by atoms with E-state index in [-0.39, 0.29) is 36.4 Å². The Bertz CT molecular complexity index is 650. The summed E-state index contributed by atoms with van der Waals surface area (Å²) < 4.78 is 46.4. The van der Waals surface area contributed by atoms with Crippen molar-refractivity contribution in [3.05, 3.63) is 27.8 Å². The second kappa shape index (κ2) is 9.22. The molecule has 1 aromatic rings. The second-order valence-corrected chi connectivity index (χ2v) is 5.62. The molecule has 1 rings (SSSR count). The SMILES string of the molecule is COc1cc(CNCC(=O)NC(C)C)c([N+](=O)[O-])cc1OCC(F)(F)F. The topological polar surface area (TPSA) is 103 Å². The lowest BCUT2D eigenvalue weighted by Crippen LogP contribution is -2.37. The first-order valence-corrected chi connectivity index (χ1v) is 7.58. The highest BCUT2D eigenvalue weighted by molar-refractivity contribution is 5.78. The van der Waals surface area contributed by atoms with Gasteiger partial charge < -0.3 is 20.1 Å². The molecule has 1 aromatic carbocycles. The van der Waals surface area contributed by atoms with Gasteiger partial charge in [-0.05, 0) is 19.9 Å². The number of halogens is 3. The first kappa shape index (κ1) is 21.5. The van der Waals surface area contributed by atoms with Gasteiger partial charge in [0, 0.05) is 18.2 Å². The number of carbonyl (C=O) groups excluding carboxylic acids is 1. The maximum Gasteiger partial charge on any atom is 0.422 e. The number of carbonyl (C=O) groups is 1. The summed E-state index contributed by atoms with van der Waals surface area (Å²) in [7, 11) is 1.20. The molecule has 0 aliphatic heterocycles. The molecule has 11 heteroatoms. The maximum atomic E-state index is 12.3. The summed E-state index contributed by atoms with van der Waals surface area (Å²) in [5.41, 5.74) is -0.303. The zero-order chi connectivity index (χ0) is 19.9. The first-order valence-electron chi connectivity index (χ1n) is 7.58. The fraction of sp³-hybridized carbons (Fsp3) is 0.533. The third-order valence-electron chi connectivity index (χ3n) is 3.00. The smallest absolute Gasteiger partial charge is 0.422 e. The largest absolute Gasteiger partial charge is 0.493 e. The van der Waals surface area contributed by atoms with Gasteiger partial charge in [-0.2, -0.15) is 13.2 Å². The number of nitro benzene ring substituents is 1. The highest BCUT2D eigenvalue weighted by Gasteiger charge is 2.30. The van der Waals surface area contributed by atoms with Crippen LogP contribution < -0.4 is 20.1 Å². The van der Waals surface area contributed by atoms with Gasteiger partial charge >= 0.3 is 6.18 Å². The van der Waals surface area contributed by atoms with Crippen molar-refractivity contribution in [3.8, 4) is 11.5 Å². The molecule has 0 bridgehead atoms. The summed E-state index contributed by atoms with van der Waals surface area (Å²) in [5, 5.41) is 16.6. The molecule has 0 aliphatic carbocycles. The molecule has 0 unspecified atom stereocenters. The van der Waals surface area contributed by atoms with E-state index >= 15 is 0 Å². The summed E-state index contributed by atoms with van der Waals surface area (Å²) in [6.07, 6.45) is -4.59. The summed E-state index contributed by atoms with van der Waals surface area (Å²) in [5.74, 6) is -0.763. The summed E-state index contributed by atoms with van der Waals surface area (Å²) in [4.78, 5) is 22.0. The number of hydrogen-bond donors (Lipinski definition) is 2. The molecule has 1 amide bonds. The number of methoxy groups -OCH3 is 1. The van der Waals surface area contributed by atoms with Crippen LogP contribution in [-0.2, 0) is 11.3 Å². The van der Waals surface area contributed by atoms with E-state index in [0.29, 0.717) is 0 Å². The van der Waals surface area contributed by atoms with E-state index in [4.69, 9.17) is 4.74 Å². The standard InChI is InChI=1S/C15H20F3N3O5/c1-9(2)20-14(22)7-19-6-10-4-12(25-3)13(5-11(10)21(23)24)26-8-15(16,17)18/h4-5,9,19H,6-8H2,1-3H3,(H,20,22). The average Bonchev–Trinajstić information content (AvgIpc) is 2.51. The van der Waals surface area contributed by atoms with E-state index in [9.17, 15) is 28.1 Å². The van der Waals surface area contributed by atoms with Crippen LogP contribution in [0.1, 0.15) is 19.4 Å². The maximum absolute atomic E-state index is 12.3. The normalized spacial score (nSPS) is 11.3. The molecule has 0 saturated carbocycles. The first-order chi connectivity index (χ1) is 12.0. The van der Waals surface area contributed by atoms with Crippen molar-refractivity contribution < 1.29 is 32.4 Å². The molecule has 0 fully saturated rings. The summed E-state index contributed by atoms with van der Waals surface area (Å²) in [6, 6.07) is 2.02. The van der Waals surface area contributed by atoms with Gasteiger partial charge in [0.25, 0.3) is 5.69 Å². The van der Waals surface area contributed by atoms with E-state index in [1.807, 2.05) is 0 Å². The molecular formula is C15H20F3N3O5. The van der Waals surface area contributed by atoms with Crippen LogP contribution in [0.3, 0.4) is 0 Å². The van der Waals surface area contributed by atoms with Gasteiger partial charge in [-0.25, -0.2) is 0 Å². The number of nitrogens with zero attached hydrogens (tertiary/aromatic N) is 1. The number of benzene rings is 1. The zero-order valence-corrected chi connectivity index (χ0v) is 14.5. The van der Waals surface area contributed by atoms with Crippen molar-refractivity contribution >= 4 is 11.6 Å². The van der Waals surface area contributed by atoms with Crippen LogP contribution in [0.15, 0.2) is 12.1 Å². The van der Waals surface area contributed by atoms with Crippen LogP contribution in [0, 0.1) is 10.1 Å². The molecule has 146 valence electrons. The highest BCUT2D eigenvalue weighted by atomic mass is 19.4. The molecule has 8 nitrogen and oxygen atoms in total. The van der Waals surface area contributed by atoms with Crippen LogP contribution in [0.25, 0.3) is 0 Å². The van der Waals surface area contributed by atoms with E-state index in [0.717, 1.165) is 6.07 Å². The quantitative estimate of drug-likeness (QED) is 0.504. The molecule has 0 spiro atoms. The van der Waals surface area contributed by atoms with Gasteiger partial charge in [-0.3, -0.25) is 14.9 Å². The number of alkyl halides is 3. The Labute approximate surface area is 147 Å². The monoisotopic (exact) mass is 379 g/mol. The predicted molar refractivity (Wildman–Crippen MR) is 86.2 cm³/mol. The lowest BCUT2D eigenvalue weighted by atomic mass is 10.1.